The lowest BCUT2D eigenvalue weighted by molar-refractivity contribution is 0.0567. The molecule has 1 aliphatic carbocycles. The first kappa shape index (κ1) is 13.9. The van der Waals surface area contributed by atoms with Crippen LogP contribution in [0.25, 0.3) is 0 Å². The molecule has 1 amide bonds. The lowest BCUT2D eigenvalue weighted by atomic mass is 9.92. The Kier molecular flexibility index (Phi) is 4.43. The van der Waals surface area contributed by atoms with Crippen LogP contribution in [0.2, 0.25) is 0 Å². The first-order chi connectivity index (χ1) is 9.13. The minimum Gasteiger partial charge on any atom is -0.496 e. The molecule has 0 aromatic heterocycles. The van der Waals surface area contributed by atoms with Crippen molar-refractivity contribution in [1.29, 1.82) is 0 Å². The lowest BCUT2D eigenvalue weighted by Crippen LogP contribution is -2.40. The van der Waals surface area contributed by atoms with Crippen LogP contribution in [0.3, 0.4) is 0 Å². The summed E-state index contributed by atoms with van der Waals surface area (Å²) in [4.78, 5) is 14.3. The van der Waals surface area contributed by atoms with Crippen LogP contribution in [0, 0.1) is 0 Å². The Morgan fingerprint density at radius 3 is 2.53 bits per heavy atom. The van der Waals surface area contributed by atoms with E-state index >= 15 is 0 Å². The van der Waals surface area contributed by atoms with Gasteiger partial charge in [-0.15, -0.1) is 0 Å². The molecule has 104 valence electrons. The van der Waals surface area contributed by atoms with Gasteiger partial charge in [0.25, 0.3) is 5.91 Å². The Morgan fingerprint density at radius 2 is 1.89 bits per heavy atom. The van der Waals surface area contributed by atoms with E-state index in [0.29, 0.717) is 11.3 Å². The van der Waals surface area contributed by atoms with E-state index in [1.165, 1.54) is 0 Å². The zero-order valence-corrected chi connectivity index (χ0v) is 11.5. The molecule has 0 spiro atoms. The summed E-state index contributed by atoms with van der Waals surface area (Å²) in [7, 11) is 3.40. The van der Waals surface area contributed by atoms with Crippen molar-refractivity contribution < 1.29 is 14.6 Å². The first-order valence-corrected chi connectivity index (χ1v) is 6.71. The number of hydrogen-bond donors (Lipinski definition) is 1. The van der Waals surface area contributed by atoms with Crippen LogP contribution < -0.4 is 4.74 Å². The molecule has 0 unspecified atom stereocenters. The van der Waals surface area contributed by atoms with Crippen LogP contribution in [0.15, 0.2) is 24.3 Å². The van der Waals surface area contributed by atoms with Gasteiger partial charge in [0.15, 0.2) is 0 Å². The predicted molar refractivity (Wildman–Crippen MR) is 73.4 cm³/mol. The number of amides is 1. The van der Waals surface area contributed by atoms with E-state index in [1.54, 1.807) is 24.1 Å². The van der Waals surface area contributed by atoms with Crippen molar-refractivity contribution in [1.82, 2.24) is 4.90 Å². The van der Waals surface area contributed by atoms with Gasteiger partial charge in [0.1, 0.15) is 5.75 Å². The number of rotatable bonds is 3. The maximum absolute atomic E-state index is 12.5. The fraction of sp³-hybridized carbons (Fsp3) is 0.533. The highest BCUT2D eigenvalue weighted by Crippen LogP contribution is 2.25. The van der Waals surface area contributed by atoms with E-state index in [2.05, 4.69) is 0 Å². The fourth-order valence-electron chi connectivity index (χ4n) is 2.62. The molecule has 1 saturated carbocycles. The molecule has 2 rings (SSSR count). The van der Waals surface area contributed by atoms with Gasteiger partial charge >= 0.3 is 0 Å². The molecule has 0 heterocycles. The number of aliphatic hydroxyl groups excluding tert-OH is 1. The summed E-state index contributed by atoms with van der Waals surface area (Å²) in [6.07, 6.45) is 3.06. The Morgan fingerprint density at radius 1 is 1.26 bits per heavy atom. The summed E-state index contributed by atoms with van der Waals surface area (Å²) in [6.45, 7) is 0. The highest BCUT2D eigenvalue weighted by Gasteiger charge is 2.27. The van der Waals surface area contributed by atoms with Gasteiger partial charge in [0, 0.05) is 13.1 Å². The van der Waals surface area contributed by atoms with Gasteiger partial charge in [-0.1, -0.05) is 12.1 Å². The highest BCUT2D eigenvalue weighted by atomic mass is 16.5. The predicted octanol–water partition coefficient (Wildman–Crippen LogP) is 2.07. The van der Waals surface area contributed by atoms with Crippen molar-refractivity contribution in [3.8, 4) is 5.75 Å². The SMILES string of the molecule is COc1ccccc1C(=O)N(C)C1CCC(O)CC1. The molecule has 0 bridgehead atoms. The molecular formula is C15H21NO3. The number of carbonyl (C=O) groups excluding carboxylic acids is 1. The van der Waals surface area contributed by atoms with Gasteiger partial charge in [-0.2, -0.15) is 0 Å². The first-order valence-electron chi connectivity index (χ1n) is 6.71. The monoisotopic (exact) mass is 263 g/mol. The normalized spacial score (nSPS) is 22.9. The fourth-order valence-corrected chi connectivity index (χ4v) is 2.62. The number of para-hydroxylation sites is 1. The van der Waals surface area contributed by atoms with Crippen LogP contribution in [0.4, 0.5) is 0 Å². The maximum Gasteiger partial charge on any atom is 0.257 e. The van der Waals surface area contributed by atoms with E-state index in [9.17, 15) is 9.90 Å². The van der Waals surface area contributed by atoms with E-state index in [0.717, 1.165) is 25.7 Å². The minimum absolute atomic E-state index is 0.0150. The summed E-state index contributed by atoms with van der Waals surface area (Å²) >= 11 is 0. The van der Waals surface area contributed by atoms with Gasteiger partial charge in [-0.3, -0.25) is 4.79 Å². The lowest BCUT2D eigenvalue weighted by Gasteiger charge is -2.33. The summed E-state index contributed by atoms with van der Waals surface area (Å²) in [6, 6.07) is 7.49. The largest absolute Gasteiger partial charge is 0.496 e. The van der Waals surface area contributed by atoms with Crippen LogP contribution in [0.1, 0.15) is 36.0 Å². The standard InChI is InChI=1S/C15H21NO3/c1-16(11-7-9-12(17)10-8-11)15(18)13-5-3-4-6-14(13)19-2/h3-6,11-12,17H,7-10H2,1-2H3. The molecule has 0 saturated heterocycles. The number of hydrogen-bond acceptors (Lipinski definition) is 3. The molecule has 0 atom stereocenters. The van der Waals surface area contributed by atoms with Crippen LogP contribution in [0.5, 0.6) is 5.75 Å². The van der Waals surface area contributed by atoms with Crippen molar-refractivity contribution in [2.45, 2.75) is 37.8 Å². The molecule has 1 N–H and O–H groups in total. The smallest absolute Gasteiger partial charge is 0.257 e. The third-order valence-corrected chi connectivity index (χ3v) is 3.87. The number of carbonyl (C=O) groups is 1. The molecular weight excluding hydrogens is 242 g/mol. The molecule has 4 heteroatoms. The number of nitrogens with zero attached hydrogens (tertiary/aromatic N) is 1. The number of benzene rings is 1. The second kappa shape index (κ2) is 6.06. The minimum atomic E-state index is -0.203. The molecule has 1 aliphatic rings. The second-order valence-electron chi connectivity index (χ2n) is 5.08. The summed E-state index contributed by atoms with van der Waals surface area (Å²) < 4.78 is 5.23. The Bertz CT molecular complexity index is 439. The number of aliphatic hydroxyl groups is 1. The number of ether oxygens (including phenoxy) is 1. The van der Waals surface area contributed by atoms with Gasteiger partial charge in [-0.25, -0.2) is 0 Å². The molecule has 0 aliphatic heterocycles. The molecule has 0 radical (unpaired) electrons. The molecule has 19 heavy (non-hydrogen) atoms. The van der Waals surface area contributed by atoms with Crippen molar-refractivity contribution in [3.63, 3.8) is 0 Å². The van der Waals surface area contributed by atoms with Gasteiger partial charge in [0.2, 0.25) is 0 Å². The third kappa shape index (κ3) is 3.07. The van der Waals surface area contributed by atoms with E-state index < -0.39 is 0 Å². The number of methoxy groups -OCH3 is 1. The van der Waals surface area contributed by atoms with Crippen molar-refractivity contribution >= 4 is 5.91 Å². The molecule has 4 nitrogen and oxygen atoms in total. The van der Waals surface area contributed by atoms with Crippen molar-refractivity contribution in [3.05, 3.63) is 29.8 Å². The zero-order valence-electron chi connectivity index (χ0n) is 11.5. The second-order valence-corrected chi connectivity index (χ2v) is 5.08. The van der Waals surface area contributed by atoms with Crippen molar-refractivity contribution in [2.24, 2.45) is 0 Å². The maximum atomic E-state index is 12.5. The van der Waals surface area contributed by atoms with Crippen LogP contribution in [-0.4, -0.2) is 42.2 Å². The summed E-state index contributed by atoms with van der Waals surface area (Å²) in [5.74, 6) is 0.592. The zero-order chi connectivity index (χ0) is 13.8. The van der Waals surface area contributed by atoms with Gasteiger partial charge in [0.05, 0.1) is 18.8 Å². The van der Waals surface area contributed by atoms with Crippen LogP contribution in [-0.2, 0) is 0 Å². The topological polar surface area (TPSA) is 49.8 Å². The third-order valence-electron chi connectivity index (χ3n) is 3.87. The average Bonchev–Trinajstić information content (AvgIpc) is 2.46. The van der Waals surface area contributed by atoms with E-state index in [4.69, 9.17) is 4.74 Å². The molecule has 1 aromatic rings. The summed E-state index contributed by atoms with van der Waals surface area (Å²) in [5, 5.41) is 9.52. The van der Waals surface area contributed by atoms with Gasteiger partial charge in [-0.05, 0) is 37.8 Å². The Hall–Kier alpha value is -1.55. The van der Waals surface area contributed by atoms with Crippen molar-refractivity contribution in [2.75, 3.05) is 14.2 Å². The Labute approximate surface area is 114 Å². The van der Waals surface area contributed by atoms with E-state index in [-0.39, 0.29) is 18.1 Å². The van der Waals surface area contributed by atoms with Crippen LogP contribution >= 0.6 is 0 Å². The summed E-state index contributed by atoms with van der Waals surface area (Å²) in [5.41, 5.74) is 0.596. The average molecular weight is 263 g/mol. The van der Waals surface area contributed by atoms with E-state index in [1.807, 2.05) is 19.2 Å². The highest BCUT2D eigenvalue weighted by molar-refractivity contribution is 5.97. The van der Waals surface area contributed by atoms with Gasteiger partial charge < -0.3 is 14.7 Å². The molecule has 1 aromatic carbocycles. The Balaban J connectivity index is 2.10. The molecule has 1 fully saturated rings. The quantitative estimate of drug-likeness (QED) is 0.908.